The van der Waals surface area contributed by atoms with Crippen molar-refractivity contribution in [1.29, 1.82) is 0 Å². The summed E-state index contributed by atoms with van der Waals surface area (Å²) in [5.74, 6) is -0.785. The van der Waals surface area contributed by atoms with Crippen LogP contribution in [0.2, 0.25) is 0 Å². The average molecular weight is 318 g/mol. The number of hydrogen-bond acceptors (Lipinski definition) is 7. The number of ether oxygens (including phenoxy) is 2. The Bertz CT molecular complexity index is 533. The Kier molecular flexibility index (Phi) is 7.46. The Morgan fingerprint density at radius 2 is 2.00 bits per heavy atom. The van der Waals surface area contributed by atoms with Crippen LogP contribution in [0.25, 0.3) is 0 Å². The minimum atomic E-state index is -1.71. The Morgan fingerprint density at radius 3 is 2.55 bits per heavy atom. The summed E-state index contributed by atoms with van der Waals surface area (Å²) in [6, 6.07) is 7.15. The van der Waals surface area contributed by atoms with Crippen LogP contribution < -0.4 is 5.32 Å². The molecule has 1 aliphatic heterocycles. The van der Waals surface area contributed by atoms with Crippen molar-refractivity contribution in [2.75, 3.05) is 6.54 Å². The van der Waals surface area contributed by atoms with Crippen LogP contribution in [0.15, 0.2) is 30.3 Å². The van der Waals surface area contributed by atoms with Gasteiger partial charge in [0.25, 0.3) is 0 Å². The van der Waals surface area contributed by atoms with Crippen LogP contribution in [0.4, 0.5) is 4.79 Å². The van der Waals surface area contributed by atoms with Crippen LogP contribution in [-0.2, 0) is 14.3 Å². The first-order valence-electron chi connectivity index (χ1n) is 6.42. The fourth-order valence-corrected chi connectivity index (χ4v) is 2.00. The molecule has 0 bridgehead atoms. The second-order valence-electron chi connectivity index (χ2n) is 4.49. The van der Waals surface area contributed by atoms with E-state index in [4.69, 9.17) is 0 Å². The van der Waals surface area contributed by atoms with E-state index in [2.05, 4.69) is 14.8 Å². The van der Waals surface area contributed by atoms with Gasteiger partial charge in [-0.3, -0.25) is 10.1 Å². The van der Waals surface area contributed by atoms with Gasteiger partial charge in [-0.2, -0.15) is 0 Å². The number of hydrogen-bond donors (Lipinski definition) is 1. The maximum absolute atomic E-state index is 11.6. The number of carbonyl (C=O) groups is 2. The van der Waals surface area contributed by atoms with Crippen molar-refractivity contribution in [3.63, 3.8) is 0 Å². The molecule has 114 valence electrons. The molecule has 9 heteroatoms. The molecule has 1 aliphatic rings. The van der Waals surface area contributed by atoms with Gasteiger partial charge in [0.05, 0.1) is 10.5 Å². The third-order valence-electron chi connectivity index (χ3n) is 3.01. The van der Waals surface area contributed by atoms with E-state index < -0.39 is 29.3 Å². The Labute approximate surface area is 148 Å². The zero-order valence-corrected chi connectivity index (χ0v) is 11.1. The number of nitro groups is 1. The summed E-state index contributed by atoms with van der Waals surface area (Å²) in [7, 11) is 0. The molecule has 1 saturated heterocycles. The van der Waals surface area contributed by atoms with E-state index >= 15 is 0 Å². The number of nitrogens with one attached hydrogen (secondary N) is 1. The zero-order valence-electron chi connectivity index (χ0n) is 11.1. The molecule has 8 nitrogen and oxygen atoms in total. The van der Waals surface area contributed by atoms with Crippen molar-refractivity contribution in [3.8, 4) is 0 Å². The van der Waals surface area contributed by atoms with Crippen LogP contribution in [0, 0.1) is 10.1 Å². The first-order chi connectivity index (χ1) is 10.1. The van der Waals surface area contributed by atoms with Crippen molar-refractivity contribution in [1.82, 2.24) is 5.32 Å². The first-order valence-corrected chi connectivity index (χ1v) is 6.42. The molecule has 0 amide bonds. The quantitative estimate of drug-likeness (QED) is 0.218. The molecule has 1 unspecified atom stereocenters. The van der Waals surface area contributed by atoms with Gasteiger partial charge in [0.15, 0.2) is 0 Å². The normalized spacial score (nSPS) is 17.9. The van der Waals surface area contributed by atoms with E-state index in [-0.39, 0.29) is 35.1 Å². The molecule has 0 saturated carbocycles. The van der Waals surface area contributed by atoms with Gasteiger partial charge >= 0.3 is 47.9 Å². The van der Waals surface area contributed by atoms with Gasteiger partial charge in [0, 0.05) is 0 Å². The van der Waals surface area contributed by atoms with Gasteiger partial charge in [-0.15, -0.1) is 0 Å². The van der Waals surface area contributed by atoms with Gasteiger partial charge in [0.2, 0.25) is 0 Å². The van der Waals surface area contributed by atoms with Crippen molar-refractivity contribution in [2.24, 2.45) is 0 Å². The maximum atomic E-state index is 11.6. The zero-order chi connectivity index (χ0) is 15.2. The molecule has 0 aromatic heterocycles. The molecule has 2 rings (SSSR count). The Hall–Kier alpha value is -1.48. The summed E-state index contributed by atoms with van der Waals surface area (Å²) < 4.78 is 9.09. The molecule has 0 spiro atoms. The van der Waals surface area contributed by atoms with Gasteiger partial charge in [0.1, 0.15) is 6.04 Å². The topological polar surface area (TPSA) is 108 Å². The molecule has 1 N–H and O–H groups in total. The number of esters is 1. The average Bonchev–Trinajstić information content (AvgIpc) is 2.99. The van der Waals surface area contributed by atoms with Crippen LogP contribution >= 0.6 is 0 Å². The van der Waals surface area contributed by atoms with Crippen molar-refractivity contribution < 1.29 is 24.0 Å². The van der Waals surface area contributed by atoms with E-state index in [1.165, 1.54) is 12.1 Å². The van der Waals surface area contributed by atoms with Gasteiger partial charge in [-0.1, -0.05) is 18.2 Å². The summed E-state index contributed by atoms with van der Waals surface area (Å²) in [4.78, 5) is 33.3. The van der Waals surface area contributed by atoms with Gasteiger partial charge in [-0.05, 0) is 31.5 Å². The predicted molar refractivity (Wildman–Crippen MR) is 76.9 cm³/mol. The monoisotopic (exact) mass is 318 g/mol. The number of carbonyl (C=O) groups excluding carboxylic acids is 2. The van der Waals surface area contributed by atoms with Crippen molar-refractivity contribution in [2.45, 2.75) is 25.1 Å². The van der Waals surface area contributed by atoms with Crippen LogP contribution in [0.5, 0.6) is 0 Å². The molecule has 1 aromatic rings. The Balaban J connectivity index is 0.00000242. The van der Waals surface area contributed by atoms with E-state index in [1.54, 1.807) is 18.2 Å². The van der Waals surface area contributed by atoms with Crippen LogP contribution in [-0.4, -0.2) is 59.2 Å². The van der Waals surface area contributed by atoms with E-state index in [9.17, 15) is 19.7 Å². The summed E-state index contributed by atoms with van der Waals surface area (Å²) >= 11 is 0. The van der Waals surface area contributed by atoms with E-state index in [1.807, 2.05) is 0 Å². The van der Waals surface area contributed by atoms with Crippen molar-refractivity contribution in [3.05, 3.63) is 46.0 Å². The molecular weight excluding hydrogens is 303 g/mol. The fraction of sp³-hybridized carbons (Fsp3) is 0.385. The van der Waals surface area contributed by atoms with Gasteiger partial charge in [-0.25, -0.2) is 9.59 Å². The second kappa shape index (κ2) is 8.84. The molecule has 22 heavy (non-hydrogen) atoms. The number of benzene rings is 1. The van der Waals surface area contributed by atoms with Gasteiger partial charge < -0.3 is 14.8 Å². The SMILES string of the molecule is O=C(OC(=O)[C@@H]1CCCN1)OC(c1ccccc1)[N+](=O)[O-].[NaH]. The fourth-order valence-electron chi connectivity index (χ4n) is 2.00. The molecular formula is C13H15N2NaO6. The van der Waals surface area contributed by atoms with E-state index in [0.29, 0.717) is 13.0 Å². The van der Waals surface area contributed by atoms with Crippen LogP contribution in [0.1, 0.15) is 24.6 Å². The summed E-state index contributed by atoms with van der Waals surface area (Å²) in [6.45, 7) is 0.663. The third kappa shape index (κ3) is 5.06. The summed E-state index contributed by atoms with van der Waals surface area (Å²) in [6.07, 6.45) is -1.72. The molecule has 1 heterocycles. The molecule has 1 aromatic carbocycles. The molecule has 0 aliphatic carbocycles. The molecule has 1 fully saturated rings. The molecule has 2 atom stereocenters. The summed E-state index contributed by atoms with van der Waals surface area (Å²) in [5, 5.41) is 13.8. The van der Waals surface area contributed by atoms with Crippen LogP contribution in [0.3, 0.4) is 0 Å². The summed E-state index contributed by atoms with van der Waals surface area (Å²) in [5.41, 5.74) is 0.186. The van der Waals surface area contributed by atoms with E-state index in [0.717, 1.165) is 6.42 Å². The number of nitrogens with zero attached hydrogens (tertiary/aromatic N) is 1. The third-order valence-corrected chi connectivity index (χ3v) is 3.01. The van der Waals surface area contributed by atoms with Crippen molar-refractivity contribution >= 4 is 41.7 Å². The molecule has 0 radical (unpaired) electrons. The standard InChI is InChI=1S/C13H14N2O6.Na.H/c16-12(10-7-4-8-14-10)21-13(17)20-11(15(18)19)9-5-2-1-3-6-9;;/h1-3,5-6,10-11,14H,4,7-8H2;;/t10-,11?;;/m0../s1. The Morgan fingerprint density at radius 1 is 1.32 bits per heavy atom. The first kappa shape index (κ1) is 18.6. The minimum absolute atomic E-state index is 0. The second-order valence-corrected chi connectivity index (χ2v) is 4.49. The number of rotatable bonds is 4. The predicted octanol–water partition coefficient (Wildman–Crippen LogP) is 0.745.